The zero-order chi connectivity index (χ0) is 12.7. The summed E-state index contributed by atoms with van der Waals surface area (Å²) in [5.41, 5.74) is 0.457. The van der Waals surface area contributed by atoms with Crippen molar-refractivity contribution in [3.8, 4) is 11.5 Å². The minimum atomic E-state index is -0.237. The summed E-state index contributed by atoms with van der Waals surface area (Å²) in [5, 5.41) is 2.65. The first-order valence-corrected chi connectivity index (χ1v) is 5.04. The zero-order valence-electron chi connectivity index (χ0n) is 9.86. The first-order chi connectivity index (χ1) is 8.21. The molecule has 1 aromatic rings. The summed E-state index contributed by atoms with van der Waals surface area (Å²) in [6.07, 6.45) is 0. The Morgan fingerprint density at radius 2 is 1.82 bits per heavy atom. The molecule has 1 amide bonds. The maximum atomic E-state index is 11.7. The van der Waals surface area contributed by atoms with E-state index in [1.165, 1.54) is 14.2 Å². The van der Waals surface area contributed by atoms with Crippen LogP contribution in [0.3, 0.4) is 0 Å². The predicted octanol–water partition coefficient (Wildman–Crippen LogP) is 0.324. The molecule has 0 aromatic heterocycles. The number of benzene rings is 1. The zero-order valence-corrected chi connectivity index (χ0v) is 9.86. The van der Waals surface area contributed by atoms with Crippen LogP contribution in [0, 0.1) is 0 Å². The molecule has 6 nitrogen and oxygen atoms in total. The summed E-state index contributed by atoms with van der Waals surface area (Å²) in [7, 11) is 3.05. The van der Waals surface area contributed by atoms with Crippen LogP contribution in [0.15, 0.2) is 18.2 Å². The molecule has 0 aliphatic rings. The van der Waals surface area contributed by atoms with Gasteiger partial charge in [0, 0.05) is 18.2 Å². The quantitative estimate of drug-likeness (QED) is 0.553. The Bertz CT molecular complexity index is 359. The van der Waals surface area contributed by atoms with Crippen molar-refractivity contribution in [1.82, 2.24) is 5.32 Å². The second-order valence-corrected chi connectivity index (χ2v) is 3.23. The lowest BCUT2D eigenvalue weighted by Gasteiger charge is -2.08. The highest BCUT2D eigenvalue weighted by molar-refractivity contribution is 5.95. The summed E-state index contributed by atoms with van der Waals surface area (Å²) in [6.45, 7) is 0.599. The van der Waals surface area contributed by atoms with Crippen LogP contribution in [0.25, 0.3) is 0 Å². The van der Waals surface area contributed by atoms with Crippen LogP contribution in [-0.4, -0.2) is 33.3 Å². The van der Waals surface area contributed by atoms with E-state index in [1.807, 2.05) is 0 Å². The lowest BCUT2D eigenvalue weighted by molar-refractivity contribution is 0.0916. The summed E-state index contributed by atoms with van der Waals surface area (Å²) >= 11 is 0. The second kappa shape index (κ2) is 6.72. The van der Waals surface area contributed by atoms with Gasteiger partial charge >= 0.3 is 0 Å². The Hall–Kier alpha value is -1.79. The predicted molar refractivity (Wildman–Crippen MR) is 62.0 cm³/mol. The van der Waals surface area contributed by atoms with Gasteiger partial charge in [0.2, 0.25) is 0 Å². The van der Waals surface area contributed by atoms with Crippen molar-refractivity contribution < 1.29 is 19.1 Å². The van der Waals surface area contributed by atoms with Gasteiger partial charge in [0.1, 0.15) is 11.5 Å². The van der Waals surface area contributed by atoms with Gasteiger partial charge in [0.05, 0.1) is 20.8 Å². The van der Waals surface area contributed by atoms with E-state index in [2.05, 4.69) is 10.2 Å². The fraction of sp³-hybridized carbons (Fsp3) is 0.364. The average molecular weight is 240 g/mol. The molecule has 3 N–H and O–H groups in total. The van der Waals surface area contributed by atoms with E-state index in [1.54, 1.807) is 18.2 Å². The molecule has 0 aliphatic carbocycles. The standard InChI is InChI=1S/C11H16N2O4/c1-15-9-5-8(6-10(7-9)16-2)11(14)13-3-4-17-12/h5-7H,3-4,12H2,1-2H3,(H,13,14). The molecule has 0 aliphatic heterocycles. The molecular formula is C11H16N2O4. The summed E-state index contributed by atoms with van der Waals surface area (Å²) in [5.74, 6) is 5.74. The SMILES string of the molecule is COc1cc(OC)cc(C(=O)NCCON)c1. The van der Waals surface area contributed by atoms with Gasteiger partial charge in [-0.1, -0.05) is 0 Å². The fourth-order valence-corrected chi connectivity index (χ4v) is 1.26. The summed E-state index contributed by atoms with van der Waals surface area (Å²) in [4.78, 5) is 16.1. The molecule has 0 saturated carbocycles. The van der Waals surface area contributed by atoms with Gasteiger partial charge in [-0.25, -0.2) is 5.90 Å². The van der Waals surface area contributed by atoms with Gasteiger partial charge < -0.3 is 19.6 Å². The topological polar surface area (TPSA) is 82.8 Å². The van der Waals surface area contributed by atoms with Gasteiger partial charge in [-0.05, 0) is 12.1 Å². The van der Waals surface area contributed by atoms with Gasteiger partial charge in [-0.15, -0.1) is 0 Å². The smallest absolute Gasteiger partial charge is 0.251 e. The molecular weight excluding hydrogens is 224 g/mol. The molecule has 0 unspecified atom stereocenters. The van der Waals surface area contributed by atoms with E-state index < -0.39 is 0 Å². The van der Waals surface area contributed by atoms with Crippen LogP contribution in [-0.2, 0) is 4.84 Å². The monoisotopic (exact) mass is 240 g/mol. The van der Waals surface area contributed by atoms with Gasteiger partial charge in [0.15, 0.2) is 0 Å². The van der Waals surface area contributed by atoms with Crippen LogP contribution in [0.4, 0.5) is 0 Å². The number of nitrogens with two attached hydrogens (primary N) is 1. The highest BCUT2D eigenvalue weighted by Gasteiger charge is 2.09. The molecule has 1 rings (SSSR count). The summed E-state index contributed by atoms with van der Waals surface area (Å²) < 4.78 is 10.1. The van der Waals surface area contributed by atoms with Crippen LogP contribution >= 0.6 is 0 Å². The maximum Gasteiger partial charge on any atom is 0.251 e. The number of amides is 1. The molecule has 94 valence electrons. The number of hydrogen-bond donors (Lipinski definition) is 2. The third-order valence-electron chi connectivity index (χ3n) is 2.12. The molecule has 0 fully saturated rings. The largest absolute Gasteiger partial charge is 0.497 e. The van der Waals surface area contributed by atoms with Gasteiger partial charge in [-0.3, -0.25) is 4.79 Å². The van der Waals surface area contributed by atoms with Crippen molar-refractivity contribution in [2.24, 2.45) is 5.90 Å². The van der Waals surface area contributed by atoms with Crippen molar-refractivity contribution in [3.05, 3.63) is 23.8 Å². The van der Waals surface area contributed by atoms with Crippen molar-refractivity contribution in [2.45, 2.75) is 0 Å². The molecule has 0 heterocycles. The minimum Gasteiger partial charge on any atom is -0.497 e. The number of carbonyl (C=O) groups is 1. The van der Waals surface area contributed by atoms with E-state index in [4.69, 9.17) is 15.4 Å². The van der Waals surface area contributed by atoms with E-state index >= 15 is 0 Å². The number of carbonyl (C=O) groups excluding carboxylic acids is 1. The third kappa shape index (κ3) is 3.93. The van der Waals surface area contributed by atoms with Crippen LogP contribution in [0.2, 0.25) is 0 Å². The number of methoxy groups -OCH3 is 2. The third-order valence-corrected chi connectivity index (χ3v) is 2.12. The molecule has 0 bridgehead atoms. The molecule has 0 atom stereocenters. The molecule has 0 spiro atoms. The van der Waals surface area contributed by atoms with Crippen molar-refractivity contribution >= 4 is 5.91 Å². The Morgan fingerprint density at radius 3 is 2.29 bits per heavy atom. The highest BCUT2D eigenvalue weighted by Crippen LogP contribution is 2.22. The normalized spacial score (nSPS) is 9.82. The number of ether oxygens (including phenoxy) is 2. The first-order valence-electron chi connectivity index (χ1n) is 5.04. The van der Waals surface area contributed by atoms with Gasteiger partial charge in [-0.2, -0.15) is 0 Å². The average Bonchev–Trinajstić information content (AvgIpc) is 2.38. The van der Waals surface area contributed by atoms with Crippen LogP contribution in [0.1, 0.15) is 10.4 Å². The maximum absolute atomic E-state index is 11.7. The molecule has 0 radical (unpaired) electrons. The number of nitrogens with one attached hydrogen (secondary N) is 1. The van der Waals surface area contributed by atoms with E-state index in [0.717, 1.165) is 0 Å². The lowest BCUT2D eigenvalue weighted by Crippen LogP contribution is -2.28. The Balaban J connectivity index is 2.77. The van der Waals surface area contributed by atoms with Crippen LogP contribution in [0.5, 0.6) is 11.5 Å². The van der Waals surface area contributed by atoms with Crippen molar-refractivity contribution in [1.29, 1.82) is 0 Å². The number of rotatable bonds is 6. The van der Waals surface area contributed by atoms with Gasteiger partial charge in [0.25, 0.3) is 5.91 Å². The Kier molecular flexibility index (Phi) is 5.25. The molecule has 17 heavy (non-hydrogen) atoms. The highest BCUT2D eigenvalue weighted by atomic mass is 16.6. The van der Waals surface area contributed by atoms with E-state index in [0.29, 0.717) is 23.6 Å². The Labute approximate surface area is 99.6 Å². The van der Waals surface area contributed by atoms with Crippen LogP contribution < -0.4 is 20.7 Å². The van der Waals surface area contributed by atoms with E-state index in [-0.39, 0.29) is 12.5 Å². The lowest BCUT2D eigenvalue weighted by atomic mass is 10.2. The Morgan fingerprint density at radius 1 is 1.24 bits per heavy atom. The van der Waals surface area contributed by atoms with Crippen molar-refractivity contribution in [2.75, 3.05) is 27.4 Å². The number of hydrogen-bond acceptors (Lipinski definition) is 5. The summed E-state index contributed by atoms with van der Waals surface area (Å²) in [6, 6.07) is 4.95. The van der Waals surface area contributed by atoms with Crippen molar-refractivity contribution in [3.63, 3.8) is 0 Å². The van der Waals surface area contributed by atoms with E-state index in [9.17, 15) is 4.79 Å². The molecule has 6 heteroatoms. The molecule has 1 aromatic carbocycles. The fourth-order valence-electron chi connectivity index (χ4n) is 1.26. The molecule has 0 saturated heterocycles. The first kappa shape index (κ1) is 13.3. The minimum absolute atomic E-state index is 0.237. The second-order valence-electron chi connectivity index (χ2n) is 3.23.